The summed E-state index contributed by atoms with van der Waals surface area (Å²) in [5, 5.41) is 13.1. The smallest absolute Gasteiger partial charge is 0.0613 e. The summed E-state index contributed by atoms with van der Waals surface area (Å²) in [4.78, 5) is 2.57. The van der Waals surface area contributed by atoms with Crippen LogP contribution in [0.5, 0.6) is 0 Å². The second-order valence-electron chi connectivity index (χ2n) is 5.93. The molecule has 0 radical (unpaired) electrons. The van der Waals surface area contributed by atoms with E-state index in [0.717, 1.165) is 32.4 Å². The summed E-state index contributed by atoms with van der Waals surface area (Å²) in [7, 11) is 3.74. The van der Waals surface area contributed by atoms with Gasteiger partial charge in [-0.3, -0.25) is 4.90 Å². The molecule has 1 fully saturated rings. The number of likely N-dealkylation sites (N-methyl/N-ethyl adjacent to an activating group) is 1. The van der Waals surface area contributed by atoms with E-state index >= 15 is 0 Å². The molecule has 0 amide bonds. The highest BCUT2D eigenvalue weighted by Gasteiger charge is 2.37. The standard InChI is InChI=1S/C15H32N2O2/c1-5-13(2)17(9-10-19-4)14-7-6-8-15(11-14,12-18)16-3/h13-14,16,18H,5-12H2,1-4H3. The van der Waals surface area contributed by atoms with Crippen LogP contribution in [0.2, 0.25) is 0 Å². The molecular weight excluding hydrogens is 240 g/mol. The third-order valence-electron chi connectivity index (χ3n) is 4.83. The average Bonchev–Trinajstić information content (AvgIpc) is 2.47. The summed E-state index contributed by atoms with van der Waals surface area (Å²) in [6.45, 7) is 6.54. The van der Waals surface area contributed by atoms with Gasteiger partial charge < -0.3 is 15.2 Å². The number of ether oxygens (including phenoxy) is 1. The fraction of sp³-hybridized carbons (Fsp3) is 1.00. The molecule has 0 aliphatic heterocycles. The normalized spacial score (nSPS) is 29.7. The van der Waals surface area contributed by atoms with Crippen molar-refractivity contribution >= 4 is 0 Å². The molecule has 0 saturated heterocycles. The fourth-order valence-corrected chi connectivity index (χ4v) is 3.26. The van der Waals surface area contributed by atoms with Crippen LogP contribution in [-0.2, 0) is 4.74 Å². The maximum absolute atomic E-state index is 9.71. The van der Waals surface area contributed by atoms with E-state index in [1.54, 1.807) is 7.11 Å². The first-order valence-electron chi connectivity index (χ1n) is 7.67. The molecule has 0 bridgehead atoms. The van der Waals surface area contributed by atoms with Gasteiger partial charge in [-0.25, -0.2) is 0 Å². The third kappa shape index (κ3) is 4.42. The Morgan fingerprint density at radius 1 is 1.53 bits per heavy atom. The molecule has 3 unspecified atom stereocenters. The first-order valence-corrected chi connectivity index (χ1v) is 7.67. The van der Waals surface area contributed by atoms with Crippen molar-refractivity contribution in [1.29, 1.82) is 0 Å². The van der Waals surface area contributed by atoms with Crippen LogP contribution in [0, 0.1) is 0 Å². The van der Waals surface area contributed by atoms with Crippen molar-refractivity contribution in [3.63, 3.8) is 0 Å². The molecule has 19 heavy (non-hydrogen) atoms. The predicted molar refractivity (Wildman–Crippen MR) is 79.5 cm³/mol. The zero-order chi connectivity index (χ0) is 14.3. The highest BCUT2D eigenvalue weighted by molar-refractivity contribution is 4.96. The molecule has 0 heterocycles. The van der Waals surface area contributed by atoms with Gasteiger partial charge in [0.2, 0.25) is 0 Å². The predicted octanol–water partition coefficient (Wildman–Crippen LogP) is 1.63. The van der Waals surface area contributed by atoms with Crippen molar-refractivity contribution in [2.24, 2.45) is 0 Å². The molecule has 0 spiro atoms. The third-order valence-corrected chi connectivity index (χ3v) is 4.83. The average molecular weight is 272 g/mol. The molecule has 0 aromatic heterocycles. The van der Waals surface area contributed by atoms with Gasteiger partial charge in [0.25, 0.3) is 0 Å². The molecule has 0 aromatic rings. The summed E-state index contributed by atoms with van der Waals surface area (Å²) < 4.78 is 5.26. The lowest BCUT2D eigenvalue weighted by Crippen LogP contribution is -2.56. The Hall–Kier alpha value is -0.160. The maximum atomic E-state index is 9.71. The van der Waals surface area contributed by atoms with Crippen molar-refractivity contribution in [1.82, 2.24) is 10.2 Å². The molecular formula is C15H32N2O2. The van der Waals surface area contributed by atoms with Crippen LogP contribution in [0.15, 0.2) is 0 Å². The van der Waals surface area contributed by atoms with Crippen molar-refractivity contribution in [2.75, 3.05) is 33.9 Å². The number of hydrogen-bond acceptors (Lipinski definition) is 4. The minimum atomic E-state index is -0.0816. The molecule has 1 aliphatic carbocycles. The Kier molecular flexibility index (Phi) is 7.29. The monoisotopic (exact) mass is 272 g/mol. The summed E-state index contributed by atoms with van der Waals surface area (Å²) >= 11 is 0. The van der Waals surface area contributed by atoms with E-state index in [2.05, 4.69) is 24.1 Å². The van der Waals surface area contributed by atoms with Crippen LogP contribution < -0.4 is 5.32 Å². The summed E-state index contributed by atoms with van der Waals surface area (Å²) in [6.07, 6.45) is 5.69. The Morgan fingerprint density at radius 2 is 2.26 bits per heavy atom. The molecule has 1 saturated carbocycles. The van der Waals surface area contributed by atoms with Gasteiger partial charge in [-0.05, 0) is 46.1 Å². The van der Waals surface area contributed by atoms with E-state index in [4.69, 9.17) is 4.74 Å². The van der Waals surface area contributed by atoms with Crippen molar-refractivity contribution < 1.29 is 9.84 Å². The highest BCUT2D eigenvalue weighted by Crippen LogP contribution is 2.32. The molecule has 4 nitrogen and oxygen atoms in total. The van der Waals surface area contributed by atoms with E-state index in [1.165, 1.54) is 12.8 Å². The van der Waals surface area contributed by atoms with Crippen LogP contribution in [0.4, 0.5) is 0 Å². The molecule has 1 aliphatic rings. The maximum Gasteiger partial charge on any atom is 0.0613 e. The van der Waals surface area contributed by atoms with Crippen molar-refractivity contribution in [3.05, 3.63) is 0 Å². The van der Waals surface area contributed by atoms with Gasteiger partial charge in [0.1, 0.15) is 0 Å². The van der Waals surface area contributed by atoms with Crippen molar-refractivity contribution in [2.45, 2.75) is 63.6 Å². The van der Waals surface area contributed by atoms with Crippen LogP contribution in [0.1, 0.15) is 46.0 Å². The van der Waals surface area contributed by atoms with Gasteiger partial charge >= 0.3 is 0 Å². The Morgan fingerprint density at radius 3 is 2.79 bits per heavy atom. The summed E-state index contributed by atoms with van der Waals surface area (Å²) in [6, 6.07) is 1.13. The Labute approximate surface area is 118 Å². The van der Waals surface area contributed by atoms with Gasteiger partial charge in [-0.2, -0.15) is 0 Å². The zero-order valence-corrected chi connectivity index (χ0v) is 13.1. The lowest BCUT2D eigenvalue weighted by atomic mass is 9.78. The molecule has 2 N–H and O–H groups in total. The topological polar surface area (TPSA) is 44.7 Å². The van der Waals surface area contributed by atoms with Gasteiger partial charge in [-0.1, -0.05) is 6.92 Å². The minimum Gasteiger partial charge on any atom is -0.394 e. The van der Waals surface area contributed by atoms with Crippen molar-refractivity contribution in [3.8, 4) is 0 Å². The second-order valence-corrected chi connectivity index (χ2v) is 5.93. The summed E-state index contributed by atoms with van der Waals surface area (Å²) in [5.74, 6) is 0. The highest BCUT2D eigenvalue weighted by atomic mass is 16.5. The van der Waals surface area contributed by atoms with Gasteiger partial charge in [0.05, 0.1) is 13.2 Å². The number of aliphatic hydroxyl groups excluding tert-OH is 1. The molecule has 114 valence electrons. The van der Waals surface area contributed by atoms with E-state index < -0.39 is 0 Å². The number of nitrogens with one attached hydrogen (secondary N) is 1. The number of nitrogens with zero attached hydrogens (tertiary/aromatic N) is 1. The minimum absolute atomic E-state index is 0.0816. The van der Waals surface area contributed by atoms with Crippen LogP contribution >= 0.6 is 0 Å². The lowest BCUT2D eigenvalue weighted by Gasteiger charge is -2.45. The zero-order valence-electron chi connectivity index (χ0n) is 13.1. The van der Waals surface area contributed by atoms with Gasteiger partial charge in [0, 0.05) is 31.3 Å². The van der Waals surface area contributed by atoms with Crippen LogP contribution in [0.25, 0.3) is 0 Å². The second kappa shape index (κ2) is 8.20. The van der Waals surface area contributed by atoms with E-state index in [0.29, 0.717) is 12.1 Å². The number of methoxy groups -OCH3 is 1. The molecule has 0 aromatic carbocycles. The number of hydrogen-bond donors (Lipinski definition) is 2. The van der Waals surface area contributed by atoms with E-state index in [-0.39, 0.29) is 12.1 Å². The molecule has 1 rings (SSSR count). The van der Waals surface area contributed by atoms with Gasteiger partial charge in [-0.15, -0.1) is 0 Å². The largest absolute Gasteiger partial charge is 0.394 e. The molecule has 3 atom stereocenters. The SMILES string of the molecule is CCC(C)N(CCOC)C1CCCC(CO)(NC)C1. The van der Waals surface area contributed by atoms with Crippen LogP contribution in [0.3, 0.4) is 0 Å². The quantitative estimate of drug-likeness (QED) is 0.705. The van der Waals surface area contributed by atoms with E-state index in [1.807, 2.05) is 7.05 Å². The molecule has 4 heteroatoms. The van der Waals surface area contributed by atoms with E-state index in [9.17, 15) is 5.11 Å². The number of rotatable bonds is 8. The fourth-order valence-electron chi connectivity index (χ4n) is 3.26. The first-order chi connectivity index (χ1) is 9.12. The first kappa shape index (κ1) is 16.9. The Bertz CT molecular complexity index is 244. The lowest BCUT2D eigenvalue weighted by molar-refractivity contribution is 0.0292. The van der Waals surface area contributed by atoms with Crippen LogP contribution in [-0.4, -0.2) is 61.5 Å². The number of aliphatic hydroxyl groups is 1. The van der Waals surface area contributed by atoms with Gasteiger partial charge in [0.15, 0.2) is 0 Å². The summed E-state index contributed by atoms with van der Waals surface area (Å²) in [5.41, 5.74) is -0.0816. The Balaban J connectivity index is 2.71.